The highest BCUT2D eigenvalue weighted by atomic mass is 127. The van der Waals surface area contributed by atoms with Crippen LogP contribution in [0.5, 0.6) is 0 Å². The van der Waals surface area contributed by atoms with Crippen LogP contribution in [0.25, 0.3) is 0 Å². The van der Waals surface area contributed by atoms with Crippen molar-refractivity contribution in [1.29, 1.82) is 0 Å². The first-order valence-corrected chi connectivity index (χ1v) is 10.1. The molecule has 1 saturated heterocycles. The molecular formula is C21H35IN4. The van der Waals surface area contributed by atoms with Gasteiger partial charge in [0, 0.05) is 31.1 Å². The minimum absolute atomic E-state index is 0. The number of aliphatic imine (C=N–C) groups is 1. The molecule has 1 aliphatic carbocycles. The molecule has 0 amide bonds. The van der Waals surface area contributed by atoms with Gasteiger partial charge in [0.05, 0.1) is 6.54 Å². The lowest BCUT2D eigenvalue weighted by atomic mass is 9.96. The highest BCUT2D eigenvalue weighted by Crippen LogP contribution is 2.48. The van der Waals surface area contributed by atoms with Crippen LogP contribution in [0.15, 0.2) is 35.3 Å². The van der Waals surface area contributed by atoms with Gasteiger partial charge in [0.2, 0.25) is 0 Å². The normalized spacial score (nSPS) is 20.3. The second-order valence-corrected chi connectivity index (χ2v) is 7.60. The van der Waals surface area contributed by atoms with Crippen LogP contribution >= 0.6 is 24.0 Å². The van der Waals surface area contributed by atoms with Crippen LogP contribution < -0.4 is 10.6 Å². The molecule has 0 radical (unpaired) electrons. The molecule has 0 atom stereocenters. The maximum Gasteiger partial charge on any atom is 0.191 e. The Morgan fingerprint density at radius 3 is 2.42 bits per heavy atom. The number of nitrogens with zero attached hydrogens (tertiary/aromatic N) is 2. The minimum Gasteiger partial charge on any atom is -0.357 e. The Bertz CT molecular complexity index is 548. The SMILES string of the molecule is CCCN1CCC(NC(=NCC2(c3ccccc3)CC2)NCC)CC1.I. The molecule has 1 saturated carbocycles. The third-order valence-electron chi connectivity index (χ3n) is 5.59. The molecule has 0 unspecified atom stereocenters. The summed E-state index contributed by atoms with van der Waals surface area (Å²) in [4.78, 5) is 7.53. The summed E-state index contributed by atoms with van der Waals surface area (Å²) < 4.78 is 0. The number of likely N-dealkylation sites (tertiary alicyclic amines) is 1. The Labute approximate surface area is 176 Å². The van der Waals surface area contributed by atoms with Crippen molar-refractivity contribution < 1.29 is 0 Å². The monoisotopic (exact) mass is 470 g/mol. The van der Waals surface area contributed by atoms with E-state index in [0.29, 0.717) is 6.04 Å². The van der Waals surface area contributed by atoms with E-state index < -0.39 is 0 Å². The van der Waals surface area contributed by atoms with Crippen molar-refractivity contribution >= 4 is 29.9 Å². The largest absolute Gasteiger partial charge is 0.357 e. The molecule has 2 aliphatic rings. The van der Waals surface area contributed by atoms with Gasteiger partial charge in [-0.15, -0.1) is 24.0 Å². The van der Waals surface area contributed by atoms with Crippen LogP contribution in [0.1, 0.15) is 51.5 Å². The molecule has 0 spiro atoms. The highest BCUT2D eigenvalue weighted by Gasteiger charge is 2.44. The van der Waals surface area contributed by atoms with E-state index >= 15 is 0 Å². The molecule has 1 aromatic rings. The Kier molecular flexibility index (Phi) is 8.67. The molecule has 0 bridgehead atoms. The molecule has 26 heavy (non-hydrogen) atoms. The van der Waals surface area contributed by atoms with Crippen LogP contribution in [0, 0.1) is 0 Å². The van der Waals surface area contributed by atoms with Crippen molar-refractivity contribution in [2.45, 2.75) is 57.4 Å². The Hall–Kier alpha value is -0.820. The Morgan fingerprint density at radius 2 is 1.85 bits per heavy atom. The quantitative estimate of drug-likeness (QED) is 0.362. The fourth-order valence-electron chi connectivity index (χ4n) is 3.84. The average molecular weight is 470 g/mol. The first kappa shape index (κ1) is 21.5. The number of nitrogens with one attached hydrogen (secondary N) is 2. The van der Waals surface area contributed by atoms with Gasteiger partial charge in [-0.3, -0.25) is 4.99 Å². The summed E-state index contributed by atoms with van der Waals surface area (Å²) in [5.41, 5.74) is 1.73. The van der Waals surface area contributed by atoms with Crippen molar-refractivity contribution in [3.8, 4) is 0 Å². The predicted molar refractivity (Wildman–Crippen MR) is 122 cm³/mol. The average Bonchev–Trinajstić information content (AvgIpc) is 3.44. The first-order chi connectivity index (χ1) is 12.3. The summed E-state index contributed by atoms with van der Waals surface area (Å²) in [6, 6.07) is 11.5. The lowest BCUT2D eigenvalue weighted by Gasteiger charge is -2.33. The summed E-state index contributed by atoms with van der Waals surface area (Å²) in [6.45, 7) is 9.87. The lowest BCUT2D eigenvalue weighted by Crippen LogP contribution is -2.49. The maximum atomic E-state index is 4.95. The number of rotatable bonds is 7. The predicted octanol–water partition coefficient (Wildman–Crippen LogP) is 3.77. The summed E-state index contributed by atoms with van der Waals surface area (Å²) in [7, 11) is 0. The second kappa shape index (κ2) is 10.5. The number of hydrogen-bond donors (Lipinski definition) is 2. The van der Waals surface area contributed by atoms with Crippen molar-refractivity contribution in [2.24, 2.45) is 4.99 Å². The van der Waals surface area contributed by atoms with Gasteiger partial charge >= 0.3 is 0 Å². The van der Waals surface area contributed by atoms with Gasteiger partial charge in [0.1, 0.15) is 0 Å². The van der Waals surface area contributed by atoms with Crippen LogP contribution in [0.2, 0.25) is 0 Å². The number of benzene rings is 1. The van der Waals surface area contributed by atoms with Gasteiger partial charge in [0.15, 0.2) is 5.96 Å². The van der Waals surface area contributed by atoms with E-state index in [4.69, 9.17) is 4.99 Å². The number of halogens is 1. The van der Waals surface area contributed by atoms with Gasteiger partial charge in [-0.2, -0.15) is 0 Å². The van der Waals surface area contributed by atoms with Gasteiger partial charge in [-0.1, -0.05) is 37.3 Å². The second-order valence-electron chi connectivity index (χ2n) is 7.60. The molecule has 2 N–H and O–H groups in total. The van der Waals surface area contributed by atoms with Crippen molar-refractivity contribution in [2.75, 3.05) is 32.7 Å². The van der Waals surface area contributed by atoms with E-state index in [2.05, 4.69) is 59.7 Å². The molecule has 2 fully saturated rings. The van der Waals surface area contributed by atoms with E-state index in [0.717, 1.165) is 19.0 Å². The number of guanidine groups is 1. The minimum atomic E-state index is 0. The van der Waals surface area contributed by atoms with E-state index in [-0.39, 0.29) is 29.4 Å². The third kappa shape index (κ3) is 5.84. The molecule has 1 aliphatic heterocycles. The molecule has 5 heteroatoms. The highest BCUT2D eigenvalue weighted by molar-refractivity contribution is 14.0. The molecule has 3 rings (SSSR count). The van der Waals surface area contributed by atoms with Crippen molar-refractivity contribution in [3.63, 3.8) is 0 Å². The maximum absolute atomic E-state index is 4.95. The lowest BCUT2D eigenvalue weighted by molar-refractivity contribution is 0.206. The van der Waals surface area contributed by atoms with Gasteiger partial charge in [-0.25, -0.2) is 0 Å². The van der Waals surface area contributed by atoms with Gasteiger partial charge in [0.25, 0.3) is 0 Å². The number of piperidine rings is 1. The number of hydrogen-bond acceptors (Lipinski definition) is 2. The van der Waals surface area contributed by atoms with E-state index in [9.17, 15) is 0 Å². The molecule has 0 aromatic heterocycles. The summed E-state index contributed by atoms with van der Waals surface area (Å²) in [5.74, 6) is 0.999. The molecule has 1 aromatic carbocycles. The molecule has 146 valence electrons. The topological polar surface area (TPSA) is 39.7 Å². The van der Waals surface area contributed by atoms with E-state index in [1.807, 2.05) is 0 Å². The Morgan fingerprint density at radius 1 is 1.15 bits per heavy atom. The standard InChI is InChI=1S/C21H34N4.HI/c1-3-14-25-15-10-19(11-16-25)24-20(22-4-2)23-17-21(12-13-21)18-8-6-5-7-9-18;/h5-9,19H,3-4,10-17H2,1-2H3,(H2,22,23,24);1H. The van der Waals surface area contributed by atoms with Crippen LogP contribution in [-0.2, 0) is 5.41 Å². The summed E-state index contributed by atoms with van der Waals surface area (Å²) >= 11 is 0. The fraction of sp³-hybridized carbons (Fsp3) is 0.667. The molecular weight excluding hydrogens is 435 g/mol. The zero-order chi connectivity index (χ0) is 17.5. The van der Waals surface area contributed by atoms with E-state index in [1.54, 1.807) is 0 Å². The molecule has 4 nitrogen and oxygen atoms in total. The fourth-order valence-corrected chi connectivity index (χ4v) is 3.84. The van der Waals surface area contributed by atoms with Gasteiger partial charge in [-0.05, 0) is 51.1 Å². The van der Waals surface area contributed by atoms with Gasteiger partial charge < -0.3 is 15.5 Å². The zero-order valence-electron chi connectivity index (χ0n) is 16.3. The van der Waals surface area contributed by atoms with E-state index in [1.165, 1.54) is 57.3 Å². The van der Waals surface area contributed by atoms with Crippen molar-refractivity contribution in [1.82, 2.24) is 15.5 Å². The zero-order valence-corrected chi connectivity index (χ0v) is 18.7. The third-order valence-corrected chi connectivity index (χ3v) is 5.59. The summed E-state index contributed by atoms with van der Waals surface area (Å²) in [5, 5.41) is 7.13. The smallest absolute Gasteiger partial charge is 0.191 e. The first-order valence-electron chi connectivity index (χ1n) is 10.1. The van der Waals surface area contributed by atoms with Crippen LogP contribution in [-0.4, -0.2) is 49.6 Å². The van der Waals surface area contributed by atoms with Crippen LogP contribution in [0.4, 0.5) is 0 Å². The van der Waals surface area contributed by atoms with Crippen LogP contribution in [0.3, 0.4) is 0 Å². The van der Waals surface area contributed by atoms with Crippen molar-refractivity contribution in [3.05, 3.63) is 35.9 Å². The Balaban J connectivity index is 0.00000243. The summed E-state index contributed by atoms with van der Waals surface area (Å²) in [6.07, 6.45) is 6.21. The molecule has 1 heterocycles.